The first kappa shape index (κ1) is 23.3. The second kappa shape index (κ2) is 11.3. The lowest BCUT2D eigenvalue weighted by molar-refractivity contribution is -0.118. The number of ether oxygens (including phenoxy) is 1. The first-order valence-electron chi connectivity index (χ1n) is 10.5. The van der Waals surface area contributed by atoms with Crippen LogP contribution in [0, 0.1) is 18.3 Å². The summed E-state index contributed by atoms with van der Waals surface area (Å²) in [6.07, 6.45) is 1.51. The number of nitrogens with one attached hydrogen (secondary N) is 2. The Labute approximate surface area is 193 Å². The molecule has 3 aromatic carbocycles. The van der Waals surface area contributed by atoms with Crippen LogP contribution in [0.1, 0.15) is 29.7 Å². The summed E-state index contributed by atoms with van der Waals surface area (Å²) >= 11 is 0. The highest BCUT2D eigenvalue weighted by Crippen LogP contribution is 2.16. The van der Waals surface area contributed by atoms with Crippen molar-refractivity contribution >= 4 is 23.6 Å². The Kier molecular flexibility index (Phi) is 7.98. The van der Waals surface area contributed by atoms with E-state index in [1.54, 1.807) is 24.3 Å². The zero-order valence-electron chi connectivity index (χ0n) is 18.5. The number of hydrogen-bond acceptors (Lipinski definition) is 4. The summed E-state index contributed by atoms with van der Waals surface area (Å²) in [7, 11) is 0. The van der Waals surface area contributed by atoms with Crippen LogP contribution in [0.5, 0.6) is 5.75 Å². The summed E-state index contributed by atoms with van der Waals surface area (Å²) in [4.78, 5) is 24.6. The molecule has 0 radical (unpaired) electrons. The number of carbonyl (C=O) groups excluding carboxylic acids is 2. The molecule has 6 heteroatoms. The predicted molar refractivity (Wildman–Crippen MR) is 128 cm³/mol. The van der Waals surface area contributed by atoms with Crippen LogP contribution in [-0.2, 0) is 9.59 Å². The minimum Gasteiger partial charge on any atom is -0.484 e. The van der Waals surface area contributed by atoms with Gasteiger partial charge in [0.05, 0.1) is 6.04 Å². The molecule has 0 aromatic heterocycles. The van der Waals surface area contributed by atoms with Gasteiger partial charge in [0.25, 0.3) is 11.8 Å². The van der Waals surface area contributed by atoms with Crippen molar-refractivity contribution in [1.29, 1.82) is 5.26 Å². The highest BCUT2D eigenvalue weighted by Gasteiger charge is 2.13. The monoisotopic (exact) mass is 439 g/mol. The van der Waals surface area contributed by atoms with Gasteiger partial charge in [0.15, 0.2) is 6.61 Å². The van der Waals surface area contributed by atoms with Crippen LogP contribution in [0.4, 0.5) is 5.69 Å². The summed E-state index contributed by atoms with van der Waals surface area (Å²) in [6.45, 7) is 3.71. The fourth-order valence-corrected chi connectivity index (χ4v) is 3.06. The van der Waals surface area contributed by atoms with Gasteiger partial charge in [-0.3, -0.25) is 9.59 Å². The largest absolute Gasteiger partial charge is 0.484 e. The number of rotatable bonds is 8. The molecular weight excluding hydrogens is 414 g/mol. The molecule has 0 fully saturated rings. The number of amides is 2. The summed E-state index contributed by atoms with van der Waals surface area (Å²) in [5, 5.41) is 15.0. The van der Waals surface area contributed by atoms with E-state index in [4.69, 9.17) is 4.74 Å². The lowest BCUT2D eigenvalue weighted by Gasteiger charge is -2.13. The Bertz CT molecular complexity index is 1160. The van der Waals surface area contributed by atoms with E-state index in [1.165, 1.54) is 6.08 Å². The SMILES string of the molecule is Cc1ccc(NC(=O)COc2ccc(/C=C(\C#N)C(=O)N[C@H](C)c3ccccc3)cc2)cc1. The van der Waals surface area contributed by atoms with Crippen LogP contribution in [0.2, 0.25) is 0 Å². The van der Waals surface area contributed by atoms with Gasteiger partial charge in [0.1, 0.15) is 17.4 Å². The van der Waals surface area contributed by atoms with Gasteiger partial charge in [-0.25, -0.2) is 0 Å². The molecule has 0 heterocycles. The summed E-state index contributed by atoms with van der Waals surface area (Å²) in [6, 6.07) is 25.6. The van der Waals surface area contributed by atoms with Crippen molar-refractivity contribution in [2.45, 2.75) is 19.9 Å². The van der Waals surface area contributed by atoms with E-state index in [2.05, 4.69) is 10.6 Å². The molecule has 166 valence electrons. The molecule has 0 saturated carbocycles. The number of benzene rings is 3. The average molecular weight is 440 g/mol. The van der Waals surface area contributed by atoms with Crippen molar-refractivity contribution in [2.75, 3.05) is 11.9 Å². The number of anilines is 1. The third kappa shape index (κ3) is 7.08. The fraction of sp³-hybridized carbons (Fsp3) is 0.148. The first-order valence-corrected chi connectivity index (χ1v) is 10.5. The number of nitriles is 1. The number of carbonyl (C=O) groups is 2. The van der Waals surface area contributed by atoms with Crippen molar-refractivity contribution in [3.63, 3.8) is 0 Å². The van der Waals surface area contributed by atoms with Crippen molar-refractivity contribution < 1.29 is 14.3 Å². The van der Waals surface area contributed by atoms with Crippen LogP contribution >= 0.6 is 0 Å². The highest BCUT2D eigenvalue weighted by atomic mass is 16.5. The number of nitrogens with zero attached hydrogens (tertiary/aromatic N) is 1. The maximum Gasteiger partial charge on any atom is 0.262 e. The molecule has 0 spiro atoms. The molecule has 33 heavy (non-hydrogen) atoms. The highest BCUT2D eigenvalue weighted by molar-refractivity contribution is 6.01. The average Bonchev–Trinajstić information content (AvgIpc) is 2.84. The molecule has 0 aliphatic rings. The van der Waals surface area contributed by atoms with E-state index in [1.807, 2.05) is 74.5 Å². The van der Waals surface area contributed by atoms with Crippen LogP contribution in [0.25, 0.3) is 6.08 Å². The molecule has 2 N–H and O–H groups in total. The van der Waals surface area contributed by atoms with Gasteiger partial charge in [-0.05, 0) is 55.3 Å². The lowest BCUT2D eigenvalue weighted by Crippen LogP contribution is -2.27. The molecule has 0 unspecified atom stereocenters. The Hall–Kier alpha value is -4.37. The zero-order chi connectivity index (χ0) is 23.6. The second-order valence-corrected chi connectivity index (χ2v) is 7.55. The van der Waals surface area contributed by atoms with Gasteiger partial charge in [-0.15, -0.1) is 0 Å². The molecule has 2 amide bonds. The maximum absolute atomic E-state index is 12.5. The molecule has 0 aliphatic heterocycles. The normalized spacial score (nSPS) is 11.7. The van der Waals surface area contributed by atoms with E-state index >= 15 is 0 Å². The zero-order valence-corrected chi connectivity index (χ0v) is 18.5. The Morgan fingerprint density at radius 1 is 1.00 bits per heavy atom. The van der Waals surface area contributed by atoms with Crippen LogP contribution in [0.3, 0.4) is 0 Å². The summed E-state index contributed by atoms with van der Waals surface area (Å²) in [5.41, 5.74) is 3.45. The van der Waals surface area contributed by atoms with Crippen molar-refractivity contribution in [3.8, 4) is 11.8 Å². The Morgan fingerprint density at radius 2 is 1.67 bits per heavy atom. The van der Waals surface area contributed by atoms with E-state index < -0.39 is 5.91 Å². The van der Waals surface area contributed by atoms with E-state index in [9.17, 15) is 14.9 Å². The fourth-order valence-electron chi connectivity index (χ4n) is 3.06. The molecule has 0 bridgehead atoms. The van der Waals surface area contributed by atoms with Crippen LogP contribution in [0.15, 0.2) is 84.4 Å². The predicted octanol–water partition coefficient (Wildman–Crippen LogP) is 4.80. The van der Waals surface area contributed by atoms with Gasteiger partial charge >= 0.3 is 0 Å². The molecule has 0 saturated heterocycles. The van der Waals surface area contributed by atoms with Crippen molar-refractivity contribution in [2.24, 2.45) is 0 Å². The quantitative estimate of drug-likeness (QED) is 0.390. The lowest BCUT2D eigenvalue weighted by atomic mass is 10.1. The van der Waals surface area contributed by atoms with Crippen molar-refractivity contribution in [3.05, 3.63) is 101 Å². The molecule has 3 aromatic rings. The van der Waals surface area contributed by atoms with Gasteiger partial charge < -0.3 is 15.4 Å². The van der Waals surface area contributed by atoms with E-state index in [0.717, 1.165) is 11.1 Å². The maximum atomic E-state index is 12.5. The molecule has 0 aliphatic carbocycles. The minimum absolute atomic E-state index is 0.00363. The van der Waals surface area contributed by atoms with Gasteiger partial charge in [0.2, 0.25) is 0 Å². The Balaban J connectivity index is 1.55. The van der Waals surface area contributed by atoms with Gasteiger partial charge in [-0.2, -0.15) is 5.26 Å². The third-order valence-electron chi connectivity index (χ3n) is 4.91. The molecule has 6 nitrogen and oxygen atoms in total. The van der Waals surface area contributed by atoms with E-state index in [-0.39, 0.29) is 24.1 Å². The first-order chi connectivity index (χ1) is 15.9. The topological polar surface area (TPSA) is 91.2 Å². The van der Waals surface area contributed by atoms with Gasteiger partial charge in [-0.1, -0.05) is 60.2 Å². The standard InChI is InChI=1S/C27H25N3O3/c1-19-8-12-24(13-9-19)30-26(31)18-33-25-14-10-21(11-15-25)16-23(17-28)27(32)29-20(2)22-6-4-3-5-7-22/h3-16,20H,18H2,1-2H3,(H,29,32)(H,30,31)/b23-16+/t20-/m1/s1. The van der Waals surface area contributed by atoms with Gasteiger partial charge in [0, 0.05) is 5.69 Å². The molecular formula is C27H25N3O3. The van der Waals surface area contributed by atoms with Crippen LogP contribution in [-0.4, -0.2) is 18.4 Å². The molecule has 1 atom stereocenters. The summed E-state index contributed by atoms with van der Waals surface area (Å²) < 4.78 is 5.52. The minimum atomic E-state index is -0.443. The van der Waals surface area contributed by atoms with Crippen LogP contribution < -0.4 is 15.4 Å². The third-order valence-corrected chi connectivity index (χ3v) is 4.91. The van der Waals surface area contributed by atoms with Crippen molar-refractivity contribution in [1.82, 2.24) is 5.32 Å². The smallest absolute Gasteiger partial charge is 0.262 e. The van der Waals surface area contributed by atoms with E-state index in [0.29, 0.717) is 17.0 Å². The summed E-state index contributed by atoms with van der Waals surface area (Å²) in [5.74, 6) is -0.201. The Morgan fingerprint density at radius 3 is 2.30 bits per heavy atom. The second-order valence-electron chi connectivity index (χ2n) is 7.55. The molecule has 3 rings (SSSR count). The number of hydrogen-bond donors (Lipinski definition) is 2. The number of aryl methyl sites for hydroxylation is 1.